The number of aryl methyl sites for hydroxylation is 1. The number of hydrogen-bond acceptors (Lipinski definition) is 4. The van der Waals surface area contributed by atoms with Gasteiger partial charge in [-0.15, -0.1) is 0 Å². The smallest absolute Gasteiger partial charge is 0.328 e. The molecule has 0 spiro atoms. The molecule has 1 amide bonds. The van der Waals surface area contributed by atoms with Crippen LogP contribution in [-0.4, -0.2) is 25.0 Å². The standard InChI is InChI=1S/C24H30N2O3/c1-29-22(27)21(17-19-9-11-20(25)12-10-19)26-23(28)24(14-5-6-15-24)16-13-18-7-3-2-4-8-18/h2-4,7-12,21H,5-6,13-17,25H2,1H3,(H,26,28). The van der Waals surface area contributed by atoms with E-state index in [0.29, 0.717) is 12.1 Å². The van der Waals surface area contributed by atoms with Gasteiger partial charge in [-0.3, -0.25) is 4.79 Å². The number of benzene rings is 2. The van der Waals surface area contributed by atoms with Crippen molar-refractivity contribution in [3.8, 4) is 0 Å². The Hall–Kier alpha value is -2.82. The fourth-order valence-corrected chi connectivity index (χ4v) is 4.21. The summed E-state index contributed by atoms with van der Waals surface area (Å²) in [7, 11) is 1.35. The molecule has 1 atom stereocenters. The number of ether oxygens (including phenoxy) is 1. The average Bonchev–Trinajstić information content (AvgIpc) is 3.24. The number of anilines is 1. The summed E-state index contributed by atoms with van der Waals surface area (Å²) in [5, 5.41) is 3.01. The maximum absolute atomic E-state index is 13.3. The van der Waals surface area contributed by atoms with E-state index in [1.54, 1.807) is 12.1 Å². The van der Waals surface area contributed by atoms with E-state index in [4.69, 9.17) is 10.5 Å². The molecule has 29 heavy (non-hydrogen) atoms. The molecule has 0 radical (unpaired) electrons. The molecule has 0 aromatic heterocycles. The molecule has 1 aliphatic rings. The van der Waals surface area contributed by atoms with Crippen molar-refractivity contribution in [3.63, 3.8) is 0 Å². The van der Waals surface area contributed by atoms with Crippen molar-refractivity contribution in [2.24, 2.45) is 5.41 Å². The Labute approximate surface area is 172 Å². The third kappa shape index (κ3) is 5.37. The lowest BCUT2D eigenvalue weighted by atomic mass is 9.79. The molecular weight excluding hydrogens is 364 g/mol. The SMILES string of the molecule is COC(=O)C(Cc1ccc(N)cc1)NC(=O)C1(CCc2ccccc2)CCCC1. The lowest BCUT2D eigenvalue weighted by molar-refractivity contribution is -0.146. The largest absolute Gasteiger partial charge is 0.467 e. The lowest BCUT2D eigenvalue weighted by Gasteiger charge is -2.30. The molecule has 1 unspecified atom stereocenters. The van der Waals surface area contributed by atoms with Gasteiger partial charge in [-0.25, -0.2) is 4.79 Å². The molecule has 5 nitrogen and oxygen atoms in total. The van der Waals surface area contributed by atoms with Crippen LogP contribution in [-0.2, 0) is 27.2 Å². The molecule has 1 fully saturated rings. The first-order valence-corrected chi connectivity index (χ1v) is 10.3. The summed E-state index contributed by atoms with van der Waals surface area (Å²) in [6, 6.07) is 16.9. The molecule has 0 aliphatic heterocycles. The van der Waals surface area contributed by atoms with Crippen LogP contribution < -0.4 is 11.1 Å². The average molecular weight is 395 g/mol. The molecular formula is C24H30N2O3. The highest BCUT2D eigenvalue weighted by molar-refractivity contribution is 5.88. The van der Waals surface area contributed by atoms with E-state index in [1.807, 2.05) is 30.3 Å². The van der Waals surface area contributed by atoms with Gasteiger partial charge in [0.2, 0.25) is 5.91 Å². The van der Waals surface area contributed by atoms with Gasteiger partial charge in [-0.1, -0.05) is 55.3 Å². The zero-order chi connectivity index (χ0) is 20.7. The Kier molecular flexibility index (Phi) is 6.91. The monoisotopic (exact) mass is 394 g/mol. The highest BCUT2D eigenvalue weighted by Gasteiger charge is 2.42. The van der Waals surface area contributed by atoms with Crippen molar-refractivity contribution in [1.29, 1.82) is 0 Å². The number of esters is 1. The molecule has 0 heterocycles. The molecule has 2 aromatic rings. The van der Waals surface area contributed by atoms with Crippen molar-refractivity contribution in [3.05, 3.63) is 65.7 Å². The quantitative estimate of drug-likeness (QED) is 0.529. The third-order valence-corrected chi connectivity index (χ3v) is 5.99. The molecule has 1 saturated carbocycles. The molecule has 5 heteroatoms. The van der Waals surface area contributed by atoms with E-state index in [2.05, 4.69) is 17.4 Å². The van der Waals surface area contributed by atoms with Crippen molar-refractivity contribution >= 4 is 17.6 Å². The highest BCUT2D eigenvalue weighted by Crippen LogP contribution is 2.42. The highest BCUT2D eigenvalue weighted by atomic mass is 16.5. The van der Waals surface area contributed by atoms with Gasteiger partial charge in [-0.05, 0) is 48.9 Å². The molecule has 1 aliphatic carbocycles. The number of methoxy groups -OCH3 is 1. The van der Waals surface area contributed by atoms with E-state index in [9.17, 15) is 9.59 Å². The van der Waals surface area contributed by atoms with Crippen molar-refractivity contribution < 1.29 is 14.3 Å². The van der Waals surface area contributed by atoms with Crippen LogP contribution >= 0.6 is 0 Å². The molecule has 0 bridgehead atoms. The summed E-state index contributed by atoms with van der Waals surface area (Å²) < 4.78 is 4.96. The first-order chi connectivity index (χ1) is 14.0. The minimum Gasteiger partial charge on any atom is -0.467 e. The number of carbonyl (C=O) groups excluding carboxylic acids is 2. The van der Waals surface area contributed by atoms with E-state index in [1.165, 1.54) is 12.7 Å². The summed E-state index contributed by atoms with van der Waals surface area (Å²) in [4.78, 5) is 25.7. The molecule has 154 valence electrons. The topological polar surface area (TPSA) is 81.4 Å². The Bertz CT molecular complexity index is 812. The van der Waals surface area contributed by atoms with Crippen LogP contribution in [0.1, 0.15) is 43.2 Å². The van der Waals surface area contributed by atoms with E-state index in [0.717, 1.165) is 44.1 Å². The van der Waals surface area contributed by atoms with Gasteiger partial charge in [0, 0.05) is 17.5 Å². The second kappa shape index (κ2) is 9.59. The second-order valence-electron chi connectivity index (χ2n) is 7.97. The first-order valence-electron chi connectivity index (χ1n) is 10.3. The number of nitrogens with two attached hydrogens (primary N) is 1. The first kappa shape index (κ1) is 20.9. The van der Waals surface area contributed by atoms with Gasteiger partial charge in [0.05, 0.1) is 7.11 Å². The van der Waals surface area contributed by atoms with Crippen LogP contribution in [0, 0.1) is 5.41 Å². The summed E-state index contributed by atoms with van der Waals surface area (Å²) in [6.45, 7) is 0. The Morgan fingerprint density at radius 3 is 2.31 bits per heavy atom. The van der Waals surface area contributed by atoms with Gasteiger partial charge >= 0.3 is 5.97 Å². The van der Waals surface area contributed by atoms with Crippen LogP contribution in [0.4, 0.5) is 5.69 Å². The summed E-state index contributed by atoms with van der Waals surface area (Å²) in [6.07, 6.45) is 5.84. The second-order valence-corrected chi connectivity index (χ2v) is 7.97. The minimum atomic E-state index is -0.703. The summed E-state index contributed by atoms with van der Waals surface area (Å²) in [5.41, 5.74) is 8.16. The van der Waals surface area contributed by atoms with Gasteiger partial charge in [0.1, 0.15) is 6.04 Å². The maximum Gasteiger partial charge on any atom is 0.328 e. The summed E-state index contributed by atoms with van der Waals surface area (Å²) >= 11 is 0. The predicted molar refractivity (Wildman–Crippen MR) is 114 cm³/mol. The Morgan fingerprint density at radius 2 is 1.69 bits per heavy atom. The number of rotatable bonds is 8. The van der Waals surface area contributed by atoms with Crippen LogP contribution in [0.25, 0.3) is 0 Å². The van der Waals surface area contributed by atoms with E-state index < -0.39 is 17.4 Å². The zero-order valence-corrected chi connectivity index (χ0v) is 17.0. The van der Waals surface area contributed by atoms with E-state index in [-0.39, 0.29) is 5.91 Å². The van der Waals surface area contributed by atoms with Crippen molar-refractivity contribution in [2.45, 2.75) is 51.0 Å². The number of nitrogens with one attached hydrogen (secondary N) is 1. The zero-order valence-electron chi connectivity index (χ0n) is 17.0. The van der Waals surface area contributed by atoms with Gasteiger partial charge in [0.25, 0.3) is 0 Å². The molecule has 3 rings (SSSR count). The van der Waals surface area contributed by atoms with Crippen molar-refractivity contribution in [1.82, 2.24) is 5.32 Å². The molecule has 2 aromatic carbocycles. The maximum atomic E-state index is 13.3. The predicted octanol–water partition coefficient (Wildman–Crippen LogP) is 3.66. The third-order valence-electron chi connectivity index (χ3n) is 5.99. The van der Waals surface area contributed by atoms with Crippen LogP contribution in [0.3, 0.4) is 0 Å². The van der Waals surface area contributed by atoms with E-state index >= 15 is 0 Å². The van der Waals surface area contributed by atoms with Crippen molar-refractivity contribution in [2.75, 3.05) is 12.8 Å². The molecule has 3 N–H and O–H groups in total. The number of carbonyl (C=O) groups is 2. The van der Waals surface area contributed by atoms with Crippen LogP contribution in [0.15, 0.2) is 54.6 Å². The number of amides is 1. The van der Waals surface area contributed by atoms with Crippen LogP contribution in [0.2, 0.25) is 0 Å². The molecule has 0 saturated heterocycles. The normalized spacial score (nSPS) is 16.2. The lowest BCUT2D eigenvalue weighted by Crippen LogP contribution is -2.49. The van der Waals surface area contributed by atoms with Gasteiger partial charge in [0.15, 0.2) is 0 Å². The number of nitrogen functional groups attached to an aromatic ring is 1. The Morgan fingerprint density at radius 1 is 1.03 bits per heavy atom. The fourth-order valence-electron chi connectivity index (χ4n) is 4.21. The Balaban J connectivity index is 1.71. The summed E-state index contributed by atoms with van der Waals surface area (Å²) in [5.74, 6) is -0.455. The van der Waals surface area contributed by atoms with Gasteiger partial charge in [-0.2, -0.15) is 0 Å². The minimum absolute atomic E-state index is 0.0308. The van der Waals surface area contributed by atoms with Gasteiger partial charge < -0.3 is 15.8 Å². The van der Waals surface area contributed by atoms with Crippen LogP contribution in [0.5, 0.6) is 0 Å². The number of hydrogen-bond donors (Lipinski definition) is 2. The fraction of sp³-hybridized carbons (Fsp3) is 0.417.